The molecule has 1 amide bonds. The maximum Gasteiger partial charge on any atom is 0.309 e. The fraction of sp³-hybridized carbons (Fsp3) is 0.368. The minimum Gasteiger partial charge on any atom is -0.466 e. The Balaban J connectivity index is 1.58. The molecule has 1 aliphatic heterocycles. The van der Waals surface area contributed by atoms with Crippen LogP contribution in [0, 0.1) is 5.92 Å². The van der Waals surface area contributed by atoms with Crippen molar-refractivity contribution in [1.29, 1.82) is 0 Å². The van der Waals surface area contributed by atoms with Crippen molar-refractivity contribution in [2.75, 3.05) is 19.7 Å². The number of nitrogens with zero attached hydrogens (tertiary/aromatic N) is 3. The summed E-state index contributed by atoms with van der Waals surface area (Å²) >= 11 is 0. The van der Waals surface area contributed by atoms with Crippen LogP contribution in [0.1, 0.15) is 25.5 Å². The highest BCUT2D eigenvalue weighted by molar-refractivity contribution is 5.92. The Morgan fingerprint density at radius 1 is 1.24 bits per heavy atom. The van der Waals surface area contributed by atoms with Gasteiger partial charge in [-0.25, -0.2) is 4.98 Å². The van der Waals surface area contributed by atoms with Gasteiger partial charge in [-0.05, 0) is 38.0 Å². The Morgan fingerprint density at radius 2 is 1.96 bits per heavy atom. The van der Waals surface area contributed by atoms with E-state index < -0.39 is 0 Å². The van der Waals surface area contributed by atoms with E-state index in [2.05, 4.69) is 9.97 Å². The second kappa shape index (κ2) is 7.88. The van der Waals surface area contributed by atoms with Gasteiger partial charge >= 0.3 is 5.97 Å². The standard InChI is InChI=1S/C19H21N3O3/c1-2-25-19(24)14-9-11-22(12-10-14)18(23)8-7-15-13-20-16-5-3-4-6-17(16)21-15/h3-8,13-14H,2,9-12H2,1H3/b8-7+. The molecule has 0 unspecified atom stereocenters. The molecular weight excluding hydrogens is 318 g/mol. The molecule has 1 aromatic carbocycles. The fourth-order valence-corrected chi connectivity index (χ4v) is 2.91. The van der Waals surface area contributed by atoms with Crippen molar-refractivity contribution >= 4 is 29.0 Å². The lowest BCUT2D eigenvalue weighted by Crippen LogP contribution is -2.39. The maximum atomic E-state index is 12.3. The number of piperidine rings is 1. The number of aromatic nitrogens is 2. The number of hydrogen-bond acceptors (Lipinski definition) is 5. The van der Waals surface area contributed by atoms with Crippen molar-refractivity contribution in [3.63, 3.8) is 0 Å². The van der Waals surface area contributed by atoms with Crippen LogP contribution in [-0.2, 0) is 14.3 Å². The van der Waals surface area contributed by atoms with E-state index >= 15 is 0 Å². The molecule has 25 heavy (non-hydrogen) atoms. The molecule has 2 aromatic rings. The average Bonchev–Trinajstić information content (AvgIpc) is 2.66. The summed E-state index contributed by atoms with van der Waals surface area (Å²) in [5.41, 5.74) is 2.27. The van der Waals surface area contributed by atoms with Gasteiger partial charge in [-0.1, -0.05) is 12.1 Å². The molecule has 1 saturated heterocycles. The van der Waals surface area contributed by atoms with Gasteiger partial charge in [0.05, 0.1) is 35.4 Å². The summed E-state index contributed by atoms with van der Waals surface area (Å²) in [4.78, 5) is 34.6. The molecule has 0 spiro atoms. The summed E-state index contributed by atoms with van der Waals surface area (Å²) < 4.78 is 5.05. The number of benzene rings is 1. The van der Waals surface area contributed by atoms with E-state index in [0.717, 1.165) is 11.0 Å². The topological polar surface area (TPSA) is 72.4 Å². The quantitative estimate of drug-likeness (QED) is 0.632. The zero-order chi connectivity index (χ0) is 17.6. The Bertz CT molecular complexity index is 795. The largest absolute Gasteiger partial charge is 0.466 e. The predicted octanol–water partition coefficient (Wildman–Crippen LogP) is 2.44. The first-order chi connectivity index (χ1) is 12.2. The SMILES string of the molecule is CCOC(=O)C1CCN(C(=O)/C=C/c2cnc3ccccc3n2)CC1. The van der Waals surface area contributed by atoms with E-state index in [0.29, 0.717) is 38.2 Å². The van der Waals surface area contributed by atoms with Gasteiger partial charge in [-0.2, -0.15) is 0 Å². The van der Waals surface area contributed by atoms with Crippen LogP contribution in [0.15, 0.2) is 36.5 Å². The maximum absolute atomic E-state index is 12.3. The number of rotatable bonds is 4. The molecule has 1 aliphatic rings. The minimum atomic E-state index is -0.156. The molecule has 6 heteroatoms. The van der Waals surface area contributed by atoms with E-state index in [-0.39, 0.29) is 17.8 Å². The highest BCUT2D eigenvalue weighted by Crippen LogP contribution is 2.19. The number of fused-ring (bicyclic) bond motifs is 1. The molecule has 0 saturated carbocycles. The molecule has 3 rings (SSSR count). The number of hydrogen-bond donors (Lipinski definition) is 0. The van der Waals surface area contributed by atoms with E-state index in [1.807, 2.05) is 24.3 Å². The third-order valence-corrected chi connectivity index (χ3v) is 4.29. The lowest BCUT2D eigenvalue weighted by atomic mass is 9.97. The summed E-state index contributed by atoms with van der Waals surface area (Å²) in [6.45, 7) is 3.33. The second-order valence-electron chi connectivity index (χ2n) is 5.97. The Hall–Kier alpha value is -2.76. The van der Waals surface area contributed by atoms with Gasteiger partial charge < -0.3 is 9.64 Å². The number of esters is 1. The summed E-state index contributed by atoms with van der Waals surface area (Å²) in [6, 6.07) is 7.61. The number of ether oxygens (including phenoxy) is 1. The van der Waals surface area contributed by atoms with E-state index in [1.54, 1.807) is 24.1 Å². The summed E-state index contributed by atoms with van der Waals surface area (Å²) in [5.74, 6) is -0.326. The lowest BCUT2D eigenvalue weighted by Gasteiger charge is -2.30. The van der Waals surface area contributed by atoms with Gasteiger partial charge in [0.1, 0.15) is 0 Å². The third-order valence-electron chi connectivity index (χ3n) is 4.29. The second-order valence-corrected chi connectivity index (χ2v) is 5.97. The van der Waals surface area contributed by atoms with Crippen molar-refractivity contribution < 1.29 is 14.3 Å². The van der Waals surface area contributed by atoms with Crippen molar-refractivity contribution in [2.24, 2.45) is 5.92 Å². The number of likely N-dealkylation sites (tertiary alicyclic amines) is 1. The van der Waals surface area contributed by atoms with Crippen LogP contribution in [-0.4, -0.2) is 46.4 Å². The van der Waals surface area contributed by atoms with Gasteiger partial charge in [-0.15, -0.1) is 0 Å². The van der Waals surface area contributed by atoms with Crippen molar-refractivity contribution in [3.8, 4) is 0 Å². The Kier molecular flexibility index (Phi) is 5.38. The molecule has 2 heterocycles. The molecule has 130 valence electrons. The molecule has 1 aromatic heterocycles. The zero-order valence-electron chi connectivity index (χ0n) is 14.2. The number of amides is 1. The monoisotopic (exact) mass is 339 g/mol. The number of carbonyl (C=O) groups is 2. The third kappa shape index (κ3) is 4.21. The first-order valence-electron chi connectivity index (χ1n) is 8.53. The van der Waals surface area contributed by atoms with Crippen LogP contribution in [0.2, 0.25) is 0 Å². The van der Waals surface area contributed by atoms with Crippen molar-refractivity contribution in [1.82, 2.24) is 14.9 Å². The molecular formula is C19H21N3O3. The molecule has 0 N–H and O–H groups in total. The van der Waals surface area contributed by atoms with Crippen LogP contribution in [0.25, 0.3) is 17.1 Å². The van der Waals surface area contributed by atoms with Gasteiger partial charge in [0.25, 0.3) is 0 Å². The van der Waals surface area contributed by atoms with E-state index in [4.69, 9.17) is 4.74 Å². The van der Waals surface area contributed by atoms with Gasteiger partial charge in [0.2, 0.25) is 5.91 Å². The van der Waals surface area contributed by atoms with Crippen molar-refractivity contribution in [2.45, 2.75) is 19.8 Å². The normalized spacial score (nSPS) is 15.6. The van der Waals surface area contributed by atoms with Crippen LogP contribution in [0.5, 0.6) is 0 Å². The Morgan fingerprint density at radius 3 is 2.68 bits per heavy atom. The van der Waals surface area contributed by atoms with Gasteiger partial charge in [0, 0.05) is 19.2 Å². The fourth-order valence-electron chi connectivity index (χ4n) is 2.91. The first-order valence-corrected chi connectivity index (χ1v) is 8.53. The Labute approximate surface area is 146 Å². The predicted molar refractivity (Wildman–Crippen MR) is 94.5 cm³/mol. The molecule has 6 nitrogen and oxygen atoms in total. The summed E-state index contributed by atoms with van der Waals surface area (Å²) in [6.07, 6.45) is 6.14. The molecule has 0 radical (unpaired) electrons. The van der Waals surface area contributed by atoms with E-state index in [1.165, 1.54) is 6.08 Å². The highest BCUT2D eigenvalue weighted by Gasteiger charge is 2.27. The number of carbonyl (C=O) groups excluding carboxylic acids is 2. The average molecular weight is 339 g/mol. The van der Waals surface area contributed by atoms with Crippen LogP contribution in [0.3, 0.4) is 0 Å². The number of para-hydroxylation sites is 2. The minimum absolute atomic E-state index is 0.0720. The van der Waals surface area contributed by atoms with E-state index in [9.17, 15) is 9.59 Å². The molecule has 0 aliphatic carbocycles. The van der Waals surface area contributed by atoms with Crippen molar-refractivity contribution in [3.05, 3.63) is 42.2 Å². The van der Waals surface area contributed by atoms with Crippen LogP contribution >= 0.6 is 0 Å². The first kappa shape index (κ1) is 17.1. The summed E-state index contributed by atoms with van der Waals surface area (Å²) in [5, 5.41) is 0. The smallest absolute Gasteiger partial charge is 0.309 e. The van der Waals surface area contributed by atoms with Gasteiger partial charge in [0.15, 0.2) is 0 Å². The molecule has 0 atom stereocenters. The molecule has 1 fully saturated rings. The van der Waals surface area contributed by atoms with Crippen LogP contribution < -0.4 is 0 Å². The van der Waals surface area contributed by atoms with Gasteiger partial charge in [-0.3, -0.25) is 14.6 Å². The summed E-state index contributed by atoms with van der Waals surface area (Å²) in [7, 11) is 0. The lowest BCUT2D eigenvalue weighted by molar-refractivity contribution is -0.150. The zero-order valence-corrected chi connectivity index (χ0v) is 14.2. The van der Waals surface area contributed by atoms with Crippen LogP contribution in [0.4, 0.5) is 0 Å². The highest BCUT2D eigenvalue weighted by atomic mass is 16.5. The molecule has 0 bridgehead atoms.